The number of amides is 4. The third-order valence-corrected chi connectivity index (χ3v) is 12.6. The molecule has 2 aromatic carbocycles. The highest BCUT2D eigenvalue weighted by molar-refractivity contribution is 8.02. The van der Waals surface area contributed by atoms with E-state index < -0.39 is 10.1 Å². The van der Waals surface area contributed by atoms with E-state index >= 15 is 4.39 Å². The Bertz CT molecular complexity index is 1580. The summed E-state index contributed by atoms with van der Waals surface area (Å²) in [6.45, 7) is 18.2. The van der Waals surface area contributed by atoms with Gasteiger partial charge in [-0.15, -0.1) is 11.8 Å². The first-order chi connectivity index (χ1) is 23.7. The highest BCUT2D eigenvalue weighted by Gasteiger charge is 2.52. The molecule has 0 aliphatic carbocycles. The Morgan fingerprint density at radius 1 is 1.00 bits per heavy atom. The molecular formula is C39H59FN6O3S. The number of piperidine rings is 1. The maximum Gasteiger partial charge on any atom is 0.322 e. The van der Waals surface area contributed by atoms with Crippen LogP contribution in [0.2, 0.25) is 0 Å². The van der Waals surface area contributed by atoms with Crippen LogP contribution in [-0.2, 0) is 16.0 Å². The van der Waals surface area contributed by atoms with Gasteiger partial charge in [-0.3, -0.25) is 14.5 Å². The van der Waals surface area contributed by atoms with Crippen molar-refractivity contribution in [2.45, 2.75) is 95.9 Å². The molecule has 0 unspecified atom stereocenters. The highest BCUT2D eigenvalue weighted by atomic mass is 32.2. The summed E-state index contributed by atoms with van der Waals surface area (Å²) in [4.78, 5) is 51.8. The number of hydrogen-bond acceptors (Lipinski definition) is 6. The maximum atomic E-state index is 15.8. The lowest BCUT2D eigenvalue weighted by molar-refractivity contribution is -0.139. The zero-order chi connectivity index (χ0) is 35.8. The van der Waals surface area contributed by atoms with Gasteiger partial charge < -0.3 is 24.9 Å². The van der Waals surface area contributed by atoms with Gasteiger partial charge in [-0.25, -0.2) is 9.18 Å². The highest BCUT2D eigenvalue weighted by Crippen LogP contribution is 2.53. The molecule has 6 rings (SSSR count). The number of carbonyl (C=O) groups excluding carboxylic acids is 3. The van der Waals surface area contributed by atoms with Crippen LogP contribution in [0.4, 0.5) is 20.6 Å². The van der Waals surface area contributed by atoms with Crippen molar-refractivity contribution in [1.82, 2.24) is 19.6 Å². The number of piperazine rings is 1. The molecule has 0 bridgehead atoms. The predicted octanol–water partition coefficient (Wildman–Crippen LogP) is 7.09. The Morgan fingerprint density at radius 3 is 2.38 bits per heavy atom. The van der Waals surface area contributed by atoms with Gasteiger partial charge in [0.2, 0.25) is 11.8 Å². The second kappa shape index (κ2) is 14.7. The second-order valence-electron chi connectivity index (χ2n) is 16.1. The van der Waals surface area contributed by atoms with Gasteiger partial charge in [0.05, 0.1) is 12.1 Å². The van der Waals surface area contributed by atoms with Crippen molar-refractivity contribution < 1.29 is 21.6 Å². The van der Waals surface area contributed by atoms with E-state index in [0.29, 0.717) is 50.7 Å². The van der Waals surface area contributed by atoms with E-state index in [1.807, 2.05) is 45.9 Å². The Morgan fingerprint density at radius 2 is 1.70 bits per heavy atom. The first-order valence-electron chi connectivity index (χ1n) is 18.4. The van der Waals surface area contributed by atoms with Crippen molar-refractivity contribution in [2.75, 3.05) is 62.6 Å². The molecule has 4 amide bonds. The van der Waals surface area contributed by atoms with E-state index in [0.717, 1.165) is 55.8 Å². The first kappa shape index (κ1) is 36.5. The van der Waals surface area contributed by atoms with Crippen LogP contribution in [0.1, 0.15) is 86.6 Å². The summed E-state index contributed by atoms with van der Waals surface area (Å²) in [5, 5.41) is 2.68. The van der Waals surface area contributed by atoms with E-state index in [1.54, 1.807) is 6.07 Å². The Hall–Kier alpha value is -3.31. The molecule has 0 radical (unpaired) electrons. The SMILES string of the molecule is CC(C)N1CCN(c2c(F)cccc2[C@@H]2S[C@@](C)(CC(=O)N3CCC(N4CCc5ccccc5NC4=O)CC3)C(=O)N2CCC(C)(C)C)CC1.[HH].[HH]. The minimum absolute atomic E-state index is 0. The number of thioether (sulfide) groups is 1. The molecule has 3 fully saturated rings. The van der Waals surface area contributed by atoms with Crippen molar-refractivity contribution in [3.8, 4) is 0 Å². The Balaban J connectivity index is 0.00000302. The van der Waals surface area contributed by atoms with E-state index in [1.165, 1.54) is 17.8 Å². The number of para-hydroxylation sites is 2. The van der Waals surface area contributed by atoms with Crippen LogP contribution in [0.5, 0.6) is 0 Å². The number of fused-ring (bicyclic) bond motifs is 1. The molecule has 9 nitrogen and oxygen atoms in total. The predicted molar refractivity (Wildman–Crippen MR) is 204 cm³/mol. The Labute approximate surface area is 304 Å². The van der Waals surface area contributed by atoms with Gasteiger partial charge in [-0.05, 0) is 69.6 Å². The summed E-state index contributed by atoms with van der Waals surface area (Å²) in [6, 6.07) is 13.6. The molecular weight excluding hydrogens is 652 g/mol. The van der Waals surface area contributed by atoms with Crippen LogP contribution < -0.4 is 10.2 Å². The fourth-order valence-corrected chi connectivity index (χ4v) is 9.45. The number of urea groups is 1. The Kier molecular flexibility index (Phi) is 10.8. The van der Waals surface area contributed by atoms with Crippen molar-refractivity contribution in [3.63, 3.8) is 0 Å². The molecule has 11 heteroatoms. The van der Waals surface area contributed by atoms with Gasteiger partial charge >= 0.3 is 6.03 Å². The normalized spacial score (nSPS) is 24.1. The van der Waals surface area contributed by atoms with E-state index in [-0.39, 0.29) is 44.4 Å². The van der Waals surface area contributed by atoms with Gasteiger partial charge in [-0.1, -0.05) is 51.1 Å². The molecule has 3 saturated heterocycles. The zero-order valence-electron chi connectivity index (χ0n) is 30.7. The van der Waals surface area contributed by atoms with Crippen molar-refractivity contribution >= 4 is 41.0 Å². The molecule has 4 heterocycles. The molecule has 2 aromatic rings. The molecule has 0 saturated carbocycles. The first-order valence-corrected chi connectivity index (χ1v) is 19.3. The van der Waals surface area contributed by atoms with E-state index in [4.69, 9.17) is 0 Å². The largest absolute Gasteiger partial charge is 0.366 e. The zero-order valence-corrected chi connectivity index (χ0v) is 31.5. The number of benzene rings is 2. The average molecular weight is 711 g/mol. The number of halogens is 1. The van der Waals surface area contributed by atoms with Gasteiger partial charge in [0.1, 0.15) is 15.9 Å². The molecule has 276 valence electrons. The summed E-state index contributed by atoms with van der Waals surface area (Å²) in [7, 11) is 0. The lowest BCUT2D eigenvalue weighted by Gasteiger charge is -2.40. The van der Waals surface area contributed by atoms with Gasteiger partial charge in [0, 0.05) is 78.5 Å². The topological polar surface area (TPSA) is 79.4 Å². The monoisotopic (exact) mass is 710 g/mol. The minimum atomic E-state index is -0.979. The quantitative estimate of drug-likeness (QED) is 0.316. The van der Waals surface area contributed by atoms with E-state index in [2.05, 4.69) is 55.8 Å². The van der Waals surface area contributed by atoms with Crippen LogP contribution in [0.3, 0.4) is 0 Å². The fourth-order valence-electron chi connectivity index (χ4n) is 7.89. The van der Waals surface area contributed by atoms with Gasteiger partial charge in [-0.2, -0.15) is 0 Å². The molecule has 50 heavy (non-hydrogen) atoms. The standard InChI is InChI=1S/C39H55FN6O3S.2H2/c1-27(2)42-22-24-44(25-23-42)34-30(11-9-12-31(34)40)35-46(21-17-38(3,4)5)36(48)39(6,50-35)26-33(47)43-18-15-29(16-19-43)45-20-14-28-10-7-8-13-32(28)41-37(45)49;;/h7-13,27,29,35H,14-26H2,1-6H3,(H,41,49);2*1H/t35-,39-;;/m0../s1. The lowest BCUT2D eigenvalue weighted by Crippen LogP contribution is -2.51. The van der Waals surface area contributed by atoms with Crippen LogP contribution in [0, 0.1) is 11.2 Å². The number of anilines is 2. The summed E-state index contributed by atoms with van der Waals surface area (Å²) >= 11 is 1.50. The van der Waals surface area contributed by atoms with E-state index in [9.17, 15) is 14.4 Å². The van der Waals surface area contributed by atoms with Crippen LogP contribution in [0.25, 0.3) is 0 Å². The van der Waals surface area contributed by atoms with Crippen molar-refractivity contribution in [2.24, 2.45) is 5.41 Å². The molecule has 2 atom stereocenters. The smallest absolute Gasteiger partial charge is 0.322 e. The minimum Gasteiger partial charge on any atom is -0.366 e. The summed E-state index contributed by atoms with van der Waals surface area (Å²) < 4.78 is 14.8. The number of rotatable bonds is 8. The average Bonchev–Trinajstić information content (AvgIpc) is 3.20. The number of carbonyl (C=O) groups is 3. The van der Waals surface area contributed by atoms with Gasteiger partial charge in [0.25, 0.3) is 0 Å². The number of hydrogen-bond donors (Lipinski definition) is 1. The molecule has 4 aliphatic rings. The molecule has 0 spiro atoms. The molecule has 1 N–H and O–H groups in total. The van der Waals surface area contributed by atoms with Crippen LogP contribution in [-0.4, -0.2) is 107 Å². The van der Waals surface area contributed by atoms with Crippen molar-refractivity contribution in [1.29, 1.82) is 0 Å². The third kappa shape index (κ3) is 7.78. The van der Waals surface area contributed by atoms with Crippen LogP contribution >= 0.6 is 11.8 Å². The fraction of sp³-hybridized carbons (Fsp3) is 0.615. The maximum absolute atomic E-state index is 15.8. The lowest BCUT2D eigenvalue weighted by atomic mass is 9.91. The number of likely N-dealkylation sites (tertiary alicyclic amines) is 1. The summed E-state index contributed by atoms with van der Waals surface area (Å²) in [5.74, 6) is -0.361. The van der Waals surface area contributed by atoms with Crippen molar-refractivity contribution in [3.05, 3.63) is 59.4 Å². The summed E-state index contributed by atoms with van der Waals surface area (Å²) in [6.07, 6.45) is 3.07. The molecule has 4 aliphatic heterocycles. The third-order valence-electron chi connectivity index (χ3n) is 11.0. The van der Waals surface area contributed by atoms with Crippen LogP contribution in [0.15, 0.2) is 42.5 Å². The summed E-state index contributed by atoms with van der Waals surface area (Å²) in [5.41, 5.74) is 3.40. The number of nitrogens with one attached hydrogen (secondary N) is 1. The second-order valence-corrected chi connectivity index (χ2v) is 17.7. The number of nitrogens with zero attached hydrogens (tertiary/aromatic N) is 5. The van der Waals surface area contributed by atoms with Gasteiger partial charge in [0.15, 0.2) is 0 Å². The molecule has 0 aromatic heterocycles.